The summed E-state index contributed by atoms with van der Waals surface area (Å²) in [6, 6.07) is 14.0. The molecule has 0 bridgehead atoms. The molecular formula is C18H19N3O6S. The van der Waals surface area contributed by atoms with Gasteiger partial charge in [0, 0.05) is 12.5 Å². The molecule has 5 N–H and O–H groups in total. The number of carbonyl (C=O) groups is 2. The van der Waals surface area contributed by atoms with Crippen LogP contribution in [0.25, 0.3) is 11.1 Å². The number of rotatable bonds is 7. The van der Waals surface area contributed by atoms with Crippen molar-refractivity contribution in [3.05, 3.63) is 59.7 Å². The maximum atomic E-state index is 12.1. The fourth-order valence-electron chi connectivity index (χ4n) is 3.18. The Bertz CT molecular complexity index is 962. The first-order valence-corrected chi connectivity index (χ1v) is 9.88. The molecular weight excluding hydrogens is 386 g/mol. The van der Waals surface area contributed by atoms with Crippen LogP contribution in [0.15, 0.2) is 48.5 Å². The highest BCUT2D eigenvalue weighted by atomic mass is 32.2. The van der Waals surface area contributed by atoms with Crippen LogP contribution in [0.3, 0.4) is 0 Å². The maximum Gasteiger partial charge on any atom is 0.407 e. The maximum absolute atomic E-state index is 12.1. The Kier molecular flexibility index (Phi) is 5.63. The van der Waals surface area contributed by atoms with Crippen molar-refractivity contribution in [1.82, 2.24) is 10.0 Å². The molecule has 2 atom stereocenters. The molecule has 0 saturated heterocycles. The summed E-state index contributed by atoms with van der Waals surface area (Å²) >= 11 is 0. The van der Waals surface area contributed by atoms with Gasteiger partial charge in [-0.1, -0.05) is 48.5 Å². The minimum Gasteiger partial charge on any atom is -0.480 e. The molecule has 0 radical (unpaired) electrons. The Labute approximate surface area is 161 Å². The van der Waals surface area contributed by atoms with Gasteiger partial charge in [-0.2, -0.15) is 0 Å². The number of carboxylic acids is 1. The standard InChI is InChI=1S/C18H19N3O6S/c19-28(25,26)20-9-16(17(22)23)21-18(24)27-10-15-13-7-3-1-5-11(13)12-6-2-4-8-14(12)15/h1-8,15-16H,9-10H2,(H,21,24)(H,22,23)(H3,19,20,25,26)/t16-/m0/s1. The molecule has 2 aromatic rings. The van der Waals surface area contributed by atoms with E-state index in [1.165, 1.54) is 0 Å². The molecule has 0 aromatic heterocycles. The number of hydrogen-bond donors (Lipinski definition) is 5. The third-order valence-electron chi connectivity index (χ3n) is 4.42. The normalized spacial score (nSPS) is 15.8. The van der Waals surface area contributed by atoms with Crippen molar-refractivity contribution in [2.24, 2.45) is 0 Å². The predicted octanol–water partition coefficient (Wildman–Crippen LogP) is 2.00. The molecule has 3 rings (SSSR count). The van der Waals surface area contributed by atoms with Gasteiger partial charge in [-0.25, -0.2) is 23.3 Å². The molecule has 1 aliphatic carbocycles. The second-order valence-corrected chi connectivity index (χ2v) is 7.58. The second kappa shape index (κ2) is 7.97. The molecule has 0 aliphatic heterocycles. The molecule has 0 heterocycles. The number of alkyl carbamates (subject to hydrolysis) is 1. The lowest BCUT2D eigenvalue weighted by Gasteiger charge is -2.17. The highest BCUT2D eigenvalue weighted by molar-refractivity contribution is 7.84. The van der Waals surface area contributed by atoms with Gasteiger partial charge in [0.25, 0.3) is 0 Å². The van der Waals surface area contributed by atoms with E-state index in [9.17, 15) is 13.8 Å². The van der Waals surface area contributed by atoms with Crippen molar-refractivity contribution in [2.45, 2.75) is 12.0 Å². The van der Waals surface area contributed by atoms with Gasteiger partial charge in [0.05, 0.1) is 0 Å². The second-order valence-electron chi connectivity index (χ2n) is 6.24. The number of hydrogen-bond acceptors (Lipinski definition) is 5. The van der Waals surface area contributed by atoms with Gasteiger partial charge in [-0.3, -0.25) is 4.55 Å². The van der Waals surface area contributed by atoms with Crippen molar-refractivity contribution in [3.8, 4) is 11.1 Å². The number of carbonyl (C=O) groups excluding carboxylic acids is 1. The van der Waals surface area contributed by atoms with E-state index in [1.54, 1.807) is 0 Å². The van der Waals surface area contributed by atoms with Gasteiger partial charge in [-0.15, -0.1) is 0 Å². The molecule has 148 valence electrons. The number of carboxylic acid groups (broad SMARTS) is 1. The Morgan fingerprint density at radius 1 is 1.11 bits per heavy atom. The minimum absolute atomic E-state index is 0.00875. The van der Waals surface area contributed by atoms with Gasteiger partial charge >= 0.3 is 12.1 Å². The molecule has 10 heteroatoms. The van der Waals surface area contributed by atoms with E-state index in [0.717, 1.165) is 22.3 Å². The predicted molar refractivity (Wildman–Crippen MR) is 101 cm³/mol. The summed E-state index contributed by atoms with van der Waals surface area (Å²) in [5, 5.41) is 11.2. The molecule has 0 spiro atoms. The third kappa shape index (κ3) is 4.47. The number of benzene rings is 2. The highest BCUT2D eigenvalue weighted by Crippen LogP contribution is 2.44. The third-order valence-corrected chi connectivity index (χ3v) is 4.97. The first kappa shape index (κ1) is 19.8. The first-order valence-electron chi connectivity index (χ1n) is 8.36. The van der Waals surface area contributed by atoms with Crippen molar-refractivity contribution in [3.63, 3.8) is 0 Å². The minimum atomic E-state index is -4.09. The van der Waals surface area contributed by atoms with E-state index in [4.69, 9.17) is 19.2 Å². The van der Waals surface area contributed by atoms with Crippen molar-refractivity contribution < 1.29 is 28.2 Å². The summed E-state index contributed by atoms with van der Waals surface area (Å²) in [6.07, 6.45) is -0.967. The average Bonchev–Trinajstić information content (AvgIpc) is 2.96. The Morgan fingerprint density at radius 3 is 2.14 bits per heavy atom. The molecule has 1 aliphatic rings. The summed E-state index contributed by atoms with van der Waals surface area (Å²) in [7, 11) is -4.09. The number of nitrogens with one attached hydrogen (secondary N) is 3. The monoisotopic (exact) mass is 405 g/mol. The summed E-state index contributed by atoms with van der Waals surface area (Å²) in [5.74, 6) is -1.60. The van der Waals surface area contributed by atoms with Gasteiger partial charge in [0.15, 0.2) is 0 Å². The SMILES string of the molecule is N=S(=O)(O)NC[C@H](NC(=O)OCC1c2ccccc2-c2ccccc21)C(=O)O. The van der Waals surface area contributed by atoms with Crippen LogP contribution in [0, 0.1) is 4.78 Å². The van der Waals surface area contributed by atoms with Gasteiger partial charge in [0.1, 0.15) is 12.6 Å². The van der Waals surface area contributed by atoms with Crippen LogP contribution in [-0.2, 0) is 19.7 Å². The summed E-state index contributed by atoms with van der Waals surface area (Å²) in [4.78, 5) is 23.3. The molecule has 0 fully saturated rings. The molecule has 28 heavy (non-hydrogen) atoms. The van der Waals surface area contributed by atoms with E-state index in [-0.39, 0.29) is 12.5 Å². The smallest absolute Gasteiger partial charge is 0.407 e. The molecule has 0 saturated carbocycles. The van der Waals surface area contributed by atoms with Crippen LogP contribution >= 0.6 is 0 Å². The van der Waals surface area contributed by atoms with E-state index in [0.29, 0.717) is 0 Å². The lowest BCUT2D eigenvalue weighted by Crippen LogP contribution is -2.48. The highest BCUT2D eigenvalue weighted by Gasteiger charge is 2.29. The quantitative estimate of drug-likeness (QED) is 0.476. The van der Waals surface area contributed by atoms with Crippen LogP contribution in [0.1, 0.15) is 17.0 Å². The zero-order chi connectivity index (χ0) is 20.3. The van der Waals surface area contributed by atoms with Crippen molar-refractivity contribution >= 4 is 22.3 Å². The Balaban J connectivity index is 1.66. The number of fused-ring (bicyclic) bond motifs is 3. The van der Waals surface area contributed by atoms with Crippen molar-refractivity contribution in [2.75, 3.05) is 13.2 Å². The van der Waals surface area contributed by atoms with Gasteiger partial charge in [0.2, 0.25) is 10.2 Å². The number of ether oxygens (including phenoxy) is 1. The zero-order valence-corrected chi connectivity index (χ0v) is 15.4. The molecule has 2 aromatic carbocycles. The average molecular weight is 405 g/mol. The fourth-order valence-corrected chi connectivity index (χ4v) is 3.57. The zero-order valence-electron chi connectivity index (χ0n) is 14.6. The number of aliphatic carboxylic acids is 1. The van der Waals surface area contributed by atoms with Crippen LogP contribution in [0.4, 0.5) is 4.79 Å². The van der Waals surface area contributed by atoms with Crippen LogP contribution in [-0.4, -0.2) is 45.1 Å². The van der Waals surface area contributed by atoms with Crippen LogP contribution in [0.5, 0.6) is 0 Å². The van der Waals surface area contributed by atoms with Gasteiger partial charge < -0.3 is 15.2 Å². The van der Waals surface area contributed by atoms with E-state index in [2.05, 4.69) is 5.32 Å². The van der Waals surface area contributed by atoms with E-state index < -0.39 is 34.8 Å². The Hall–Kier alpha value is -2.95. The number of amides is 1. The molecule has 1 unspecified atom stereocenters. The fraction of sp³-hybridized carbons (Fsp3) is 0.222. The molecule has 1 amide bonds. The first-order chi connectivity index (χ1) is 13.3. The van der Waals surface area contributed by atoms with E-state index >= 15 is 0 Å². The van der Waals surface area contributed by atoms with Crippen LogP contribution in [0.2, 0.25) is 0 Å². The summed E-state index contributed by atoms with van der Waals surface area (Å²) in [6.45, 7) is -0.590. The Morgan fingerprint density at radius 2 is 1.64 bits per heavy atom. The van der Waals surface area contributed by atoms with E-state index in [1.807, 2.05) is 53.3 Å². The lowest BCUT2D eigenvalue weighted by molar-refractivity contribution is -0.139. The van der Waals surface area contributed by atoms with Crippen LogP contribution < -0.4 is 10.0 Å². The van der Waals surface area contributed by atoms with Gasteiger partial charge in [-0.05, 0) is 22.3 Å². The van der Waals surface area contributed by atoms with Crippen molar-refractivity contribution in [1.29, 1.82) is 4.78 Å². The molecule has 9 nitrogen and oxygen atoms in total. The largest absolute Gasteiger partial charge is 0.480 e. The topological polar surface area (TPSA) is 149 Å². The summed E-state index contributed by atoms with van der Waals surface area (Å²) in [5.41, 5.74) is 4.16. The lowest BCUT2D eigenvalue weighted by atomic mass is 9.98. The summed E-state index contributed by atoms with van der Waals surface area (Å²) < 4.78 is 33.6.